The molecule has 6 nitrogen and oxygen atoms in total. The van der Waals surface area contributed by atoms with Crippen LogP contribution in [0.4, 0.5) is 4.79 Å². The number of amides is 1. The third-order valence-electron chi connectivity index (χ3n) is 3.45. The van der Waals surface area contributed by atoms with E-state index >= 15 is 0 Å². The van der Waals surface area contributed by atoms with Gasteiger partial charge in [0.1, 0.15) is 6.61 Å². The van der Waals surface area contributed by atoms with Crippen LogP contribution >= 0.6 is 0 Å². The fraction of sp³-hybridized carbons (Fsp3) is 0.500. The van der Waals surface area contributed by atoms with Crippen LogP contribution in [-0.4, -0.2) is 18.2 Å². The SMILES string of the molecule is [N-]=[N+]=N[C@H]1CC[C@@H](NC(=O)OCc2ccccc2)CC1. The number of rotatable bonds is 4. The van der Waals surface area contributed by atoms with Crippen molar-refractivity contribution >= 4 is 6.09 Å². The fourth-order valence-electron chi connectivity index (χ4n) is 2.34. The van der Waals surface area contributed by atoms with E-state index in [9.17, 15) is 4.79 Å². The second-order valence-corrected chi connectivity index (χ2v) is 4.92. The zero-order valence-corrected chi connectivity index (χ0v) is 11.2. The molecule has 0 heterocycles. The van der Waals surface area contributed by atoms with Crippen LogP contribution in [-0.2, 0) is 11.3 Å². The molecule has 0 bridgehead atoms. The molecule has 1 saturated carbocycles. The highest BCUT2D eigenvalue weighted by atomic mass is 16.5. The van der Waals surface area contributed by atoms with E-state index in [0.29, 0.717) is 0 Å². The van der Waals surface area contributed by atoms with Crippen LogP contribution in [0.15, 0.2) is 35.4 Å². The monoisotopic (exact) mass is 274 g/mol. The Bertz CT molecular complexity index is 477. The van der Waals surface area contributed by atoms with Gasteiger partial charge in [0.25, 0.3) is 0 Å². The Kier molecular flexibility index (Phi) is 5.26. The van der Waals surface area contributed by atoms with Crippen molar-refractivity contribution in [3.05, 3.63) is 46.3 Å². The Morgan fingerprint density at radius 1 is 1.30 bits per heavy atom. The van der Waals surface area contributed by atoms with Gasteiger partial charge in [-0.25, -0.2) is 4.79 Å². The lowest BCUT2D eigenvalue weighted by atomic mass is 9.92. The number of carbonyl (C=O) groups is 1. The molecular formula is C14H18N4O2. The molecule has 2 rings (SSSR count). The predicted molar refractivity (Wildman–Crippen MR) is 75.0 cm³/mol. The highest BCUT2D eigenvalue weighted by Gasteiger charge is 2.21. The molecule has 1 N–H and O–H groups in total. The maximum absolute atomic E-state index is 11.7. The molecule has 1 aliphatic rings. The molecule has 1 fully saturated rings. The van der Waals surface area contributed by atoms with Gasteiger partial charge in [-0.3, -0.25) is 0 Å². The molecule has 106 valence electrons. The van der Waals surface area contributed by atoms with E-state index in [4.69, 9.17) is 10.3 Å². The predicted octanol–water partition coefficient (Wildman–Crippen LogP) is 3.53. The summed E-state index contributed by atoms with van der Waals surface area (Å²) in [4.78, 5) is 14.5. The molecule has 0 saturated heterocycles. The Morgan fingerprint density at radius 2 is 2.00 bits per heavy atom. The van der Waals surface area contributed by atoms with Crippen molar-refractivity contribution in [2.24, 2.45) is 5.11 Å². The van der Waals surface area contributed by atoms with Crippen LogP contribution in [0.1, 0.15) is 31.2 Å². The summed E-state index contributed by atoms with van der Waals surface area (Å²) in [6.45, 7) is 0.279. The summed E-state index contributed by atoms with van der Waals surface area (Å²) < 4.78 is 5.17. The van der Waals surface area contributed by atoms with E-state index in [0.717, 1.165) is 31.2 Å². The topological polar surface area (TPSA) is 87.1 Å². The van der Waals surface area contributed by atoms with Crippen molar-refractivity contribution < 1.29 is 9.53 Å². The summed E-state index contributed by atoms with van der Waals surface area (Å²) in [6.07, 6.45) is 2.89. The van der Waals surface area contributed by atoms with Gasteiger partial charge in [-0.05, 0) is 36.8 Å². The quantitative estimate of drug-likeness (QED) is 0.517. The van der Waals surface area contributed by atoms with Crippen LogP contribution in [0.25, 0.3) is 10.4 Å². The molecular weight excluding hydrogens is 256 g/mol. The van der Waals surface area contributed by atoms with Crippen molar-refractivity contribution in [1.82, 2.24) is 5.32 Å². The molecule has 1 aromatic carbocycles. The van der Waals surface area contributed by atoms with E-state index in [1.54, 1.807) is 0 Å². The summed E-state index contributed by atoms with van der Waals surface area (Å²) in [7, 11) is 0. The molecule has 0 spiro atoms. The molecule has 1 aromatic rings. The second-order valence-electron chi connectivity index (χ2n) is 4.92. The molecule has 0 aliphatic heterocycles. The number of ether oxygens (including phenoxy) is 1. The summed E-state index contributed by atoms with van der Waals surface area (Å²) in [5, 5.41) is 6.57. The summed E-state index contributed by atoms with van der Waals surface area (Å²) >= 11 is 0. The van der Waals surface area contributed by atoms with Crippen molar-refractivity contribution in [2.45, 2.75) is 44.4 Å². The first-order valence-corrected chi connectivity index (χ1v) is 6.79. The van der Waals surface area contributed by atoms with E-state index in [2.05, 4.69) is 15.3 Å². The number of nitrogens with one attached hydrogen (secondary N) is 1. The Morgan fingerprint density at radius 3 is 2.65 bits per heavy atom. The van der Waals surface area contributed by atoms with Crippen molar-refractivity contribution in [2.75, 3.05) is 0 Å². The number of nitrogens with zero attached hydrogens (tertiary/aromatic N) is 3. The van der Waals surface area contributed by atoms with E-state index in [1.165, 1.54) is 0 Å². The largest absolute Gasteiger partial charge is 0.445 e. The molecule has 0 unspecified atom stereocenters. The van der Waals surface area contributed by atoms with E-state index < -0.39 is 0 Å². The zero-order valence-electron chi connectivity index (χ0n) is 11.2. The second kappa shape index (κ2) is 7.40. The third-order valence-corrected chi connectivity index (χ3v) is 3.45. The van der Waals surface area contributed by atoms with E-state index in [1.807, 2.05) is 30.3 Å². The van der Waals surface area contributed by atoms with Crippen LogP contribution in [0, 0.1) is 0 Å². The lowest BCUT2D eigenvalue weighted by molar-refractivity contribution is 0.132. The normalized spacial score (nSPS) is 21.6. The maximum atomic E-state index is 11.7. The van der Waals surface area contributed by atoms with Gasteiger partial charge in [-0.15, -0.1) is 0 Å². The Labute approximate surface area is 117 Å². The van der Waals surface area contributed by atoms with Gasteiger partial charge in [0.05, 0.1) is 0 Å². The standard InChI is InChI=1S/C14H18N4O2/c15-18-17-13-8-6-12(7-9-13)16-14(19)20-10-11-4-2-1-3-5-11/h1-5,12-13H,6-10H2,(H,16,19)/t12-,13+. The van der Waals surface area contributed by atoms with Crippen LogP contribution < -0.4 is 5.32 Å². The highest BCUT2D eigenvalue weighted by molar-refractivity contribution is 5.67. The fourth-order valence-corrected chi connectivity index (χ4v) is 2.34. The first-order chi connectivity index (χ1) is 9.78. The molecule has 1 amide bonds. The summed E-state index contributed by atoms with van der Waals surface area (Å²) in [5.41, 5.74) is 9.34. The van der Waals surface area contributed by atoms with Crippen LogP contribution in [0.2, 0.25) is 0 Å². The smallest absolute Gasteiger partial charge is 0.407 e. The molecule has 0 aromatic heterocycles. The molecule has 20 heavy (non-hydrogen) atoms. The highest BCUT2D eigenvalue weighted by Crippen LogP contribution is 2.21. The first kappa shape index (κ1) is 14.2. The van der Waals surface area contributed by atoms with Gasteiger partial charge < -0.3 is 10.1 Å². The lowest BCUT2D eigenvalue weighted by Crippen LogP contribution is -2.38. The average molecular weight is 274 g/mol. The number of carbonyl (C=O) groups excluding carboxylic acids is 1. The minimum absolute atomic E-state index is 0.0680. The molecule has 6 heteroatoms. The minimum Gasteiger partial charge on any atom is -0.445 e. The number of benzene rings is 1. The summed E-state index contributed by atoms with van der Waals surface area (Å²) in [5.74, 6) is 0. The summed E-state index contributed by atoms with van der Waals surface area (Å²) in [6, 6.07) is 9.76. The van der Waals surface area contributed by atoms with Crippen molar-refractivity contribution in [1.29, 1.82) is 0 Å². The van der Waals surface area contributed by atoms with Gasteiger partial charge in [0, 0.05) is 17.0 Å². The molecule has 1 aliphatic carbocycles. The number of alkyl carbamates (subject to hydrolysis) is 1. The Balaban J connectivity index is 1.69. The third kappa shape index (κ3) is 4.48. The van der Waals surface area contributed by atoms with Gasteiger partial charge in [0.2, 0.25) is 0 Å². The number of azide groups is 1. The van der Waals surface area contributed by atoms with Gasteiger partial charge in [-0.1, -0.05) is 35.4 Å². The van der Waals surface area contributed by atoms with Gasteiger partial charge in [-0.2, -0.15) is 0 Å². The van der Waals surface area contributed by atoms with Crippen LogP contribution in [0.3, 0.4) is 0 Å². The van der Waals surface area contributed by atoms with E-state index in [-0.39, 0.29) is 24.8 Å². The van der Waals surface area contributed by atoms with Crippen molar-refractivity contribution in [3.8, 4) is 0 Å². The lowest BCUT2D eigenvalue weighted by Gasteiger charge is -2.26. The number of hydrogen-bond donors (Lipinski definition) is 1. The zero-order chi connectivity index (χ0) is 14.2. The number of hydrogen-bond acceptors (Lipinski definition) is 3. The Hall–Kier alpha value is -2.20. The van der Waals surface area contributed by atoms with Crippen molar-refractivity contribution in [3.63, 3.8) is 0 Å². The van der Waals surface area contributed by atoms with Gasteiger partial charge >= 0.3 is 6.09 Å². The maximum Gasteiger partial charge on any atom is 0.407 e. The molecule has 0 radical (unpaired) electrons. The minimum atomic E-state index is -0.388. The first-order valence-electron chi connectivity index (χ1n) is 6.79. The van der Waals surface area contributed by atoms with Gasteiger partial charge in [0.15, 0.2) is 0 Å². The van der Waals surface area contributed by atoms with Crippen LogP contribution in [0.5, 0.6) is 0 Å². The molecule has 0 atom stereocenters. The average Bonchev–Trinajstić information content (AvgIpc) is 2.49.